The van der Waals surface area contributed by atoms with E-state index in [2.05, 4.69) is 59.4 Å². The molecule has 1 N–H and O–H groups in total. The van der Waals surface area contributed by atoms with Crippen LogP contribution in [-0.4, -0.2) is 6.54 Å². The van der Waals surface area contributed by atoms with Gasteiger partial charge in [-0.15, -0.1) is 0 Å². The third-order valence-corrected chi connectivity index (χ3v) is 3.76. The lowest BCUT2D eigenvalue weighted by atomic mass is 9.98. The van der Waals surface area contributed by atoms with Gasteiger partial charge >= 0.3 is 0 Å². The van der Waals surface area contributed by atoms with Crippen molar-refractivity contribution in [2.45, 2.75) is 25.8 Å². The smallest absolute Gasteiger partial charge is 0.0213 e. The van der Waals surface area contributed by atoms with Gasteiger partial charge in [-0.3, -0.25) is 0 Å². The number of benzene rings is 1. The highest BCUT2D eigenvalue weighted by molar-refractivity contribution is 7.07. The summed E-state index contributed by atoms with van der Waals surface area (Å²) in [6.07, 6.45) is 1.19. The van der Waals surface area contributed by atoms with Gasteiger partial charge in [-0.25, -0.2) is 0 Å². The fraction of sp³-hybridized carbons (Fsp3) is 0.333. The molecule has 0 bridgehead atoms. The molecule has 1 aromatic carbocycles. The van der Waals surface area contributed by atoms with Crippen molar-refractivity contribution < 1.29 is 0 Å². The van der Waals surface area contributed by atoms with Crippen LogP contribution in [0.4, 0.5) is 0 Å². The molecule has 17 heavy (non-hydrogen) atoms. The van der Waals surface area contributed by atoms with E-state index in [1.807, 2.05) is 0 Å². The molecule has 0 fully saturated rings. The van der Waals surface area contributed by atoms with E-state index in [9.17, 15) is 0 Å². The first-order chi connectivity index (χ1) is 8.36. The molecule has 1 unspecified atom stereocenters. The summed E-state index contributed by atoms with van der Waals surface area (Å²) in [5.41, 5.74) is 2.83. The predicted octanol–water partition coefficient (Wildman–Crippen LogP) is 4.03. The van der Waals surface area contributed by atoms with Crippen LogP contribution in [0.1, 0.15) is 30.4 Å². The topological polar surface area (TPSA) is 12.0 Å². The Hall–Kier alpha value is -1.12. The van der Waals surface area contributed by atoms with Crippen LogP contribution in [0.3, 0.4) is 0 Å². The summed E-state index contributed by atoms with van der Waals surface area (Å²) in [5.74, 6) is 0.631. The number of nitrogens with one attached hydrogen (secondary N) is 1. The van der Waals surface area contributed by atoms with Crippen molar-refractivity contribution in [3.8, 4) is 0 Å². The Labute approximate surface area is 108 Å². The Morgan fingerprint density at radius 1 is 1.18 bits per heavy atom. The molecule has 0 aliphatic rings. The molecule has 0 spiro atoms. The van der Waals surface area contributed by atoms with Crippen LogP contribution in [0.25, 0.3) is 0 Å². The van der Waals surface area contributed by atoms with E-state index >= 15 is 0 Å². The SMILES string of the molecule is CC(CCNCc1ccsc1)c1ccccc1. The van der Waals surface area contributed by atoms with Crippen LogP contribution in [0.15, 0.2) is 47.2 Å². The molecular formula is C15H19NS. The van der Waals surface area contributed by atoms with Crippen LogP contribution in [0.5, 0.6) is 0 Å². The minimum absolute atomic E-state index is 0.631. The average molecular weight is 245 g/mol. The summed E-state index contributed by atoms with van der Waals surface area (Å²) in [7, 11) is 0. The van der Waals surface area contributed by atoms with Crippen molar-refractivity contribution in [1.29, 1.82) is 0 Å². The summed E-state index contributed by atoms with van der Waals surface area (Å²) < 4.78 is 0. The summed E-state index contributed by atoms with van der Waals surface area (Å²) in [6.45, 7) is 4.36. The molecule has 1 heterocycles. The zero-order valence-corrected chi connectivity index (χ0v) is 11.0. The highest BCUT2D eigenvalue weighted by atomic mass is 32.1. The van der Waals surface area contributed by atoms with Gasteiger partial charge in [-0.2, -0.15) is 11.3 Å². The molecule has 0 radical (unpaired) electrons. The van der Waals surface area contributed by atoms with Gasteiger partial charge in [0.15, 0.2) is 0 Å². The normalized spacial score (nSPS) is 12.5. The third-order valence-electron chi connectivity index (χ3n) is 3.03. The molecule has 1 nitrogen and oxygen atoms in total. The van der Waals surface area contributed by atoms with Gasteiger partial charge in [0.2, 0.25) is 0 Å². The second kappa shape index (κ2) is 6.58. The number of rotatable bonds is 6. The van der Waals surface area contributed by atoms with E-state index in [4.69, 9.17) is 0 Å². The first-order valence-corrected chi connectivity index (χ1v) is 7.07. The Morgan fingerprint density at radius 2 is 2.00 bits per heavy atom. The maximum absolute atomic E-state index is 3.50. The van der Waals surface area contributed by atoms with Crippen molar-refractivity contribution in [3.05, 3.63) is 58.3 Å². The zero-order valence-electron chi connectivity index (χ0n) is 10.2. The minimum atomic E-state index is 0.631. The van der Waals surface area contributed by atoms with Crippen molar-refractivity contribution in [2.24, 2.45) is 0 Å². The summed E-state index contributed by atoms with van der Waals surface area (Å²) in [4.78, 5) is 0. The fourth-order valence-electron chi connectivity index (χ4n) is 1.89. The first kappa shape index (κ1) is 12.3. The van der Waals surface area contributed by atoms with E-state index in [1.165, 1.54) is 17.5 Å². The molecule has 2 aromatic rings. The lowest BCUT2D eigenvalue weighted by Gasteiger charge is -2.12. The average Bonchev–Trinajstić information content (AvgIpc) is 2.88. The van der Waals surface area contributed by atoms with E-state index in [1.54, 1.807) is 11.3 Å². The lowest BCUT2D eigenvalue weighted by molar-refractivity contribution is 0.595. The van der Waals surface area contributed by atoms with E-state index < -0.39 is 0 Å². The van der Waals surface area contributed by atoms with E-state index in [-0.39, 0.29) is 0 Å². The number of hydrogen-bond donors (Lipinski definition) is 1. The molecule has 1 atom stereocenters. The van der Waals surface area contributed by atoms with Gasteiger partial charge < -0.3 is 5.32 Å². The Morgan fingerprint density at radius 3 is 2.71 bits per heavy atom. The van der Waals surface area contributed by atoms with Gasteiger partial charge in [0.05, 0.1) is 0 Å². The molecule has 2 rings (SSSR count). The van der Waals surface area contributed by atoms with Crippen LogP contribution >= 0.6 is 11.3 Å². The second-order valence-corrected chi connectivity index (χ2v) is 5.19. The Kier molecular flexibility index (Phi) is 4.77. The van der Waals surface area contributed by atoms with Gasteiger partial charge in [-0.05, 0) is 46.8 Å². The van der Waals surface area contributed by atoms with Gasteiger partial charge in [-0.1, -0.05) is 37.3 Å². The molecular weight excluding hydrogens is 226 g/mol. The van der Waals surface area contributed by atoms with Gasteiger partial charge in [0, 0.05) is 6.54 Å². The molecule has 0 aliphatic heterocycles. The van der Waals surface area contributed by atoms with Gasteiger partial charge in [0.25, 0.3) is 0 Å². The second-order valence-electron chi connectivity index (χ2n) is 4.41. The zero-order chi connectivity index (χ0) is 11.9. The van der Waals surface area contributed by atoms with Crippen LogP contribution in [0, 0.1) is 0 Å². The van der Waals surface area contributed by atoms with Gasteiger partial charge in [0.1, 0.15) is 0 Å². The molecule has 0 saturated heterocycles. The quantitative estimate of drug-likeness (QED) is 0.758. The van der Waals surface area contributed by atoms with E-state index in [0.29, 0.717) is 5.92 Å². The van der Waals surface area contributed by atoms with Crippen molar-refractivity contribution in [3.63, 3.8) is 0 Å². The molecule has 1 aromatic heterocycles. The Balaban J connectivity index is 1.68. The van der Waals surface area contributed by atoms with Crippen LogP contribution < -0.4 is 5.32 Å². The van der Waals surface area contributed by atoms with E-state index in [0.717, 1.165) is 13.1 Å². The van der Waals surface area contributed by atoms with Crippen LogP contribution in [0.2, 0.25) is 0 Å². The maximum Gasteiger partial charge on any atom is 0.0213 e. The van der Waals surface area contributed by atoms with Crippen molar-refractivity contribution >= 4 is 11.3 Å². The molecule has 0 saturated carbocycles. The van der Waals surface area contributed by atoms with Crippen molar-refractivity contribution in [1.82, 2.24) is 5.32 Å². The number of hydrogen-bond acceptors (Lipinski definition) is 2. The highest BCUT2D eigenvalue weighted by Crippen LogP contribution is 2.17. The summed E-state index contributed by atoms with van der Waals surface area (Å²) in [6, 6.07) is 12.9. The Bertz CT molecular complexity index is 408. The first-order valence-electron chi connectivity index (χ1n) is 6.13. The third kappa shape index (κ3) is 3.99. The maximum atomic E-state index is 3.50. The largest absolute Gasteiger partial charge is 0.313 e. The predicted molar refractivity (Wildman–Crippen MR) is 75.5 cm³/mol. The molecule has 90 valence electrons. The van der Waals surface area contributed by atoms with Crippen molar-refractivity contribution in [2.75, 3.05) is 6.54 Å². The standard InChI is InChI=1S/C15H19NS/c1-13(15-5-3-2-4-6-15)7-9-16-11-14-8-10-17-12-14/h2-6,8,10,12-13,16H,7,9,11H2,1H3. The monoisotopic (exact) mass is 245 g/mol. The minimum Gasteiger partial charge on any atom is -0.313 e. The lowest BCUT2D eigenvalue weighted by Crippen LogP contribution is -2.16. The summed E-state index contributed by atoms with van der Waals surface area (Å²) in [5, 5.41) is 7.83. The summed E-state index contributed by atoms with van der Waals surface area (Å²) >= 11 is 1.76. The highest BCUT2D eigenvalue weighted by Gasteiger charge is 2.03. The van der Waals surface area contributed by atoms with Crippen LogP contribution in [-0.2, 0) is 6.54 Å². The molecule has 0 aliphatic carbocycles. The fourth-order valence-corrected chi connectivity index (χ4v) is 2.56. The molecule has 0 amide bonds. The molecule has 2 heteroatoms. The number of thiophene rings is 1.